The van der Waals surface area contributed by atoms with Crippen molar-refractivity contribution in [3.8, 4) is 0 Å². The molecule has 2 heteroatoms. The van der Waals surface area contributed by atoms with E-state index in [1.165, 1.54) is 33.4 Å². The van der Waals surface area contributed by atoms with Crippen LogP contribution in [0.2, 0.25) is 0 Å². The third-order valence-electron chi connectivity index (χ3n) is 7.63. The molecule has 43 heavy (non-hydrogen) atoms. The van der Waals surface area contributed by atoms with Crippen molar-refractivity contribution >= 4 is 28.9 Å². The van der Waals surface area contributed by atoms with Gasteiger partial charge in [-0.05, 0) is 72.2 Å². The lowest BCUT2D eigenvalue weighted by atomic mass is 9.98. The van der Waals surface area contributed by atoms with Crippen molar-refractivity contribution in [1.29, 1.82) is 0 Å². The maximum absolute atomic E-state index is 4.92. The largest absolute Gasteiger partial charge is 0.252 e. The zero-order valence-electron chi connectivity index (χ0n) is 25.1. The first kappa shape index (κ1) is 29.4. The predicted octanol–water partition coefficient (Wildman–Crippen LogP) is 8.75. The van der Waals surface area contributed by atoms with Gasteiger partial charge in [0.2, 0.25) is 0 Å². The molecule has 0 N–H and O–H groups in total. The summed E-state index contributed by atoms with van der Waals surface area (Å²) in [5, 5.41) is 3.71. The fourth-order valence-electron chi connectivity index (χ4n) is 5.26. The highest BCUT2D eigenvalue weighted by Gasteiger charge is 2.08. The Labute approximate surface area is 255 Å². The second-order valence-electron chi connectivity index (χ2n) is 10.8. The molecule has 0 fully saturated rings. The number of benzene rings is 2. The second kappa shape index (κ2) is 14.2. The molecular formula is C41H38N2. The van der Waals surface area contributed by atoms with Crippen LogP contribution in [0.5, 0.6) is 0 Å². The zero-order valence-corrected chi connectivity index (χ0v) is 25.1. The molecule has 5 rings (SSSR count). The summed E-state index contributed by atoms with van der Waals surface area (Å²) >= 11 is 0. The van der Waals surface area contributed by atoms with Crippen molar-refractivity contribution in [3.05, 3.63) is 184 Å². The van der Waals surface area contributed by atoms with Gasteiger partial charge < -0.3 is 0 Å². The van der Waals surface area contributed by atoms with Gasteiger partial charge in [0.05, 0.1) is 22.6 Å². The first-order chi connectivity index (χ1) is 21.0. The van der Waals surface area contributed by atoms with E-state index < -0.39 is 0 Å². The summed E-state index contributed by atoms with van der Waals surface area (Å²) in [7, 11) is 0. The SMILES string of the molecule is C=C/C=C\C=C/C/C(C)=c1\cccc\c1=c1/ncc(C2=CCC=C(c3cccc(C4=CC=C(C)CC=C4)c3)C=C2)nc1=C. The van der Waals surface area contributed by atoms with Crippen LogP contribution in [0.4, 0.5) is 0 Å². The average molecular weight is 559 g/mol. The van der Waals surface area contributed by atoms with Crippen molar-refractivity contribution in [2.24, 2.45) is 0 Å². The number of nitrogens with zero attached hydrogens (tertiary/aromatic N) is 2. The molecular weight excluding hydrogens is 520 g/mol. The topological polar surface area (TPSA) is 25.8 Å². The number of aromatic nitrogens is 2. The molecule has 0 aliphatic heterocycles. The van der Waals surface area contributed by atoms with Crippen molar-refractivity contribution in [2.75, 3.05) is 0 Å². The highest BCUT2D eigenvalue weighted by Crippen LogP contribution is 2.27. The summed E-state index contributed by atoms with van der Waals surface area (Å²) < 4.78 is 0. The highest BCUT2D eigenvalue weighted by molar-refractivity contribution is 5.84. The van der Waals surface area contributed by atoms with E-state index in [2.05, 4.69) is 124 Å². The Morgan fingerprint density at radius 3 is 2.51 bits per heavy atom. The summed E-state index contributed by atoms with van der Waals surface area (Å²) in [6, 6.07) is 17.1. The van der Waals surface area contributed by atoms with Gasteiger partial charge in [-0.1, -0.05) is 146 Å². The fourth-order valence-corrected chi connectivity index (χ4v) is 5.26. The van der Waals surface area contributed by atoms with Crippen molar-refractivity contribution in [2.45, 2.75) is 33.1 Å². The van der Waals surface area contributed by atoms with E-state index in [0.717, 1.165) is 46.3 Å². The minimum Gasteiger partial charge on any atom is -0.252 e. The van der Waals surface area contributed by atoms with Crippen LogP contribution in [-0.4, -0.2) is 9.97 Å². The normalized spacial score (nSPS) is 16.7. The number of hydrogen-bond acceptors (Lipinski definition) is 2. The Kier molecular flexibility index (Phi) is 9.71. The van der Waals surface area contributed by atoms with E-state index in [-0.39, 0.29) is 0 Å². The molecule has 0 atom stereocenters. The van der Waals surface area contributed by atoms with Crippen LogP contribution in [0.25, 0.3) is 28.9 Å². The van der Waals surface area contributed by atoms with E-state index in [9.17, 15) is 0 Å². The monoisotopic (exact) mass is 558 g/mol. The predicted molar refractivity (Wildman–Crippen MR) is 185 cm³/mol. The Balaban J connectivity index is 1.43. The summed E-state index contributed by atoms with van der Waals surface area (Å²) in [6.07, 6.45) is 32.1. The van der Waals surface area contributed by atoms with Gasteiger partial charge in [-0.25, -0.2) is 4.98 Å². The number of allylic oxidation sites excluding steroid dienone is 17. The molecule has 0 bridgehead atoms. The molecule has 2 aliphatic rings. The number of rotatable bonds is 7. The Morgan fingerprint density at radius 1 is 0.884 bits per heavy atom. The highest BCUT2D eigenvalue weighted by atomic mass is 14.8. The van der Waals surface area contributed by atoms with Gasteiger partial charge in [-0.3, -0.25) is 4.98 Å². The van der Waals surface area contributed by atoms with Gasteiger partial charge >= 0.3 is 0 Å². The van der Waals surface area contributed by atoms with Crippen LogP contribution < -0.4 is 10.6 Å². The van der Waals surface area contributed by atoms with Gasteiger partial charge in [0.15, 0.2) is 0 Å². The van der Waals surface area contributed by atoms with Crippen LogP contribution in [0.3, 0.4) is 0 Å². The van der Waals surface area contributed by atoms with Crippen LogP contribution in [-0.2, 0) is 0 Å². The minimum atomic E-state index is 0.677. The molecule has 1 heterocycles. The molecule has 2 nitrogen and oxygen atoms in total. The van der Waals surface area contributed by atoms with E-state index in [4.69, 9.17) is 9.97 Å². The summed E-state index contributed by atoms with van der Waals surface area (Å²) in [6.45, 7) is 12.4. The zero-order chi connectivity index (χ0) is 30.0. The smallest absolute Gasteiger partial charge is 0.0959 e. The molecule has 0 radical (unpaired) electrons. The third-order valence-corrected chi connectivity index (χ3v) is 7.63. The summed E-state index contributed by atoms with van der Waals surface area (Å²) in [5.74, 6) is 0. The van der Waals surface area contributed by atoms with E-state index in [0.29, 0.717) is 5.35 Å². The lowest BCUT2D eigenvalue weighted by Crippen LogP contribution is -2.16. The molecule has 0 spiro atoms. The molecule has 3 aromatic rings. The van der Waals surface area contributed by atoms with E-state index >= 15 is 0 Å². The second-order valence-corrected chi connectivity index (χ2v) is 10.8. The van der Waals surface area contributed by atoms with Crippen LogP contribution in [0.15, 0.2) is 146 Å². The Bertz CT molecular complexity index is 1990. The molecule has 0 amide bonds. The van der Waals surface area contributed by atoms with Gasteiger partial charge in [-0.2, -0.15) is 0 Å². The number of hydrogen-bond donors (Lipinski definition) is 0. The molecule has 2 aliphatic carbocycles. The van der Waals surface area contributed by atoms with Crippen LogP contribution in [0, 0.1) is 10.6 Å². The lowest BCUT2D eigenvalue weighted by molar-refractivity contribution is 1.07. The average Bonchev–Trinajstić information content (AvgIpc) is 3.42. The van der Waals surface area contributed by atoms with Crippen LogP contribution in [0.1, 0.15) is 49.9 Å². The lowest BCUT2D eigenvalue weighted by Gasteiger charge is -2.07. The van der Waals surface area contributed by atoms with Gasteiger partial charge in [0, 0.05) is 5.22 Å². The van der Waals surface area contributed by atoms with Crippen molar-refractivity contribution in [1.82, 2.24) is 9.97 Å². The minimum absolute atomic E-state index is 0.677. The fraction of sp³-hybridized carbons (Fsp3) is 0.122. The van der Waals surface area contributed by atoms with Gasteiger partial charge in [0.1, 0.15) is 0 Å². The first-order valence-corrected chi connectivity index (χ1v) is 14.8. The standard InChI is InChI=1S/C41H38N2/c1-5-6-7-8-9-16-31(3)38-22-10-11-23-39(38)41-32(4)43-40(29-42-41)35-19-13-18-34(26-27-35)37-21-14-20-36(28-37)33-17-12-15-30(2)24-25-33/h5-12,14,17-29H,1,4,13,15-16H2,2-3H3/b7-6-,9-8-,38-31+,41-39+. The van der Waals surface area contributed by atoms with Gasteiger partial charge in [-0.15, -0.1) is 0 Å². The van der Waals surface area contributed by atoms with Gasteiger partial charge in [0.25, 0.3) is 0 Å². The van der Waals surface area contributed by atoms with E-state index in [1.54, 1.807) is 6.08 Å². The molecule has 1 aromatic heterocycles. The molecule has 0 unspecified atom stereocenters. The Hall–Kier alpha value is -5.08. The molecule has 0 saturated heterocycles. The van der Waals surface area contributed by atoms with Crippen molar-refractivity contribution < 1.29 is 0 Å². The van der Waals surface area contributed by atoms with Crippen molar-refractivity contribution in [3.63, 3.8) is 0 Å². The summed E-state index contributed by atoms with van der Waals surface area (Å²) in [5.41, 5.74) is 9.38. The maximum Gasteiger partial charge on any atom is 0.0959 e. The quantitative estimate of drug-likeness (QED) is 0.271. The molecule has 0 saturated carbocycles. The third kappa shape index (κ3) is 7.42. The van der Waals surface area contributed by atoms with E-state index in [1.807, 2.05) is 30.5 Å². The molecule has 212 valence electrons. The summed E-state index contributed by atoms with van der Waals surface area (Å²) in [4.78, 5) is 9.80. The van der Waals surface area contributed by atoms with Crippen LogP contribution >= 0.6 is 0 Å². The first-order valence-electron chi connectivity index (χ1n) is 14.8. The molecule has 2 aromatic carbocycles. The Morgan fingerprint density at radius 2 is 1.67 bits per heavy atom. The maximum atomic E-state index is 4.92.